The minimum atomic E-state index is -0.646. The highest BCUT2D eigenvalue weighted by molar-refractivity contribution is 5.95. The maximum atomic E-state index is 12.3. The van der Waals surface area contributed by atoms with Crippen LogP contribution in [0.25, 0.3) is 0 Å². The smallest absolute Gasteiger partial charge is 0.265 e. The standard InChI is InChI=1S/C22H26N2O3/c1-16(21(25)23-18-8-4-2-5-9-18)27-20-14-12-17(13-15-20)22(26)24-19-10-6-3-7-11-19/h2,4-5,8-9,12-16,19H,3,6-7,10-11H2,1H3,(H,23,25)(H,24,26). The van der Waals surface area contributed by atoms with E-state index in [1.807, 2.05) is 30.3 Å². The summed E-state index contributed by atoms with van der Waals surface area (Å²) in [4.78, 5) is 24.6. The average Bonchev–Trinajstić information content (AvgIpc) is 2.70. The molecule has 3 rings (SSSR count). The zero-order valence-corrected chi connectivity index (χ0v) is 15.6. The highest BCUT2D eigenvalue weighted by atomic mass is 16.5. The molecule has 0 aliphatic heterocycles. The molecular weight excluding hydrogens is 340 g/mol. The summed E-state index contributed by atoms with van der Waals surface area (Å²) in [5.74, 6) is 0.281. The minimum Gasteiger partial charge on any atom is -0.481 e. The van der Waals surface area contributed by atoms with Gasteiger partial charge in [-0.1, -0.05) is 37.5 Å². The lowest BCUT2D eigenvalue weighted by atomic mass is 9.95. The molecule has 1 fully saturated rings. The second-order valence-electron chi connectivity index (χ2n) is 6.95. The topological polar surface area (TPSA) is 67.4 Å². The Balaban J connectivity index is 1.52. The van der Waals surface area contributed by atoms with Gasteiger partial charge in [0, 0.05) is 17.3 Å². The maximum absolute atomic E-state index is 12.3. The molecule has 27 heavy (non-hydrogen) atoms. The maximum Gasteiger partial charge on any atom is 0.265 e. The minimum absolute atomic E-state index is 0.0525. The monoisotopic (exact) mass is 366 g/mol. The van der Waals surface area contributed by atoms with Crippen molar-refractivity contribution in [2.24, 2.45) is 0 Å². The van der Waals surface area contributed by atoms with Crippen molar-refractivity contribution in [3.63, 3.8) is 0 Å². The van der Waals surface area contributed by atoms with Crippen molar-refractivity contribution in [1.29, 1.82) is 0 Å². The van der Waals surface area contributed by atoms with Crippen molar-refractivity contribution in [2.75, 3.05) is 5.32 Å². The molecule has 2 aromatic rings. The summed E-state index contributed by atoms with van der Waals surface area (Å²) in [6, 6.07) is 16.4. The summed E-state index contributed by atoms with van der Waals surface area (Å²) >= 11 is 0. The second-order valence-corrected chi connectivity index (χ2v) is 6.95. The lowest BCUT2D eigenvalue weighted by Gasteiger charge is -2.22. The van der Waals surface area contributed by atoms with Crippen LogP contribution in [0.1, 0.15) is 49.4 Å². The van der Waals surface area contributed by atoms with E-state index in [9.17, 15) is 9.59 Å². The lowest BCUT2D eigenvalue weighted by molar-refractivity contribution is -0.122. The van der Waals surface area contributed by atoms with Gasteiger partial charge in [-0.2, -0.15) is 0 Å². The average molecular weight is 366 g/mol. The molecule has 0 radical (unpaired) electrons. The number of rotatable bonds is 6. The first-order chi connectivity index (χ1) is 13.1. The Bertz CT molecular complexity index is 753. The Morgan fingerprint density at radius 1 is 0.963 bits per heavy atom. The van der Waals surface area contributed by atoms with E-state index in [2.05, 4.69) is 10.6 Å². The fraction of sp³-hybridized carbons (Fsp3) is 0.364. The Morgan fingerprint density at radius 3 is 2.30 bits per heavy atom. The number of para-hydroxylation sites is 1. The van der Waals surface area contributed by atoms with Crippen LogP contribution >= 0.6 is 0 Å². The molecule has 2 aromatic carbocycles. The van der Waals surface area contributed by atoms with Gasteiger partial charge in [-0.25, -0.2) is 0 Å². The molecule has 0 spiro atoms. The number of hydrogen-bond donors (Lipinski definition) is 2. The molecule has 2 N–H and O–H groups in total. The van der Waals surface area contributed by atoms with Crippen molar-refractivity contribution in [3.05, 3.63) is 60.2 Å². The zero-order chi connectivity index (χ0) is 19.1. The van der Waals surface area contributed by atoms with Gasteiger partial charge in [-0.15, -0.1) is 0 Å². The molecule has 1 aliphatic carbocycles. The van der Waals surface area contributed by atoms with E-state index in [1.54, 1.807) is 31.2 Å². The van der Waals surface area contributed by atoms with Crippen LogP contribution in [-0.4, -0.2) is 24.0 Å². The quantitative estimate of drug-likeness (QED) is 0.807. The van der Waals surface area contributed by atoms with Gasteiger partial charge < -0.3 is 15.4 Å². The van der Waals surface area contributed by atoms with Crippen LogP contribution in [0.3, 0.4) is 0 Å². The van der Waals surface area contributed by atoms with Crippen molar-refractivity contribution < 1.29 is 14.3 Å². The molecule has 2 amide bonds. The van der Waals surface area contributed by atoms with Crippen molar-refractivity contribution in [1.82, 2.24) is 5.32 Å². The van der Waals surface area contributed by atoms with Gasteiger partial charge in [0.2, 0.25) is 0 Å². The summed E-state index contributed by atoms with van der Waals surface area (Å²) in [5, 5.41) is 5.91. The predicted octanol–water partition coefficient (Wildman–Crippen LogP) is 4.16. The third-order valence-electron chi connectivity index (χ3n) is 4.78. The van der Waals surface area contributed by atoms with E-state index in [1.165, 1.54) is 19.3 Å². The Morgan fingerprint density at radius 2 is 1.63 bits per heavy atom. The van der Waals surface area contributed by atoms with Crippen LogP contribution in [0.2, 0.25) is 0 Å². The molecule has 1 atom stereocenters. The first-order valence-corrected chi connectivity index (χ1v) is 9.55. The fourth-order valence-electron chi connectivity index (χ4n) is 3.22. The summed E-state index contributed by atoms with van der Waals surface area (Å²) in [6.07, 6.45) is 5.09. The first-order valence-electron chi connectivity index (χ1n) is 9.55. The van der Waals surface area contributed by atoms with Crippen LogP contribution in [-0.2, 0) is 4.79 Å². The van der Waals surface area contributed by atoms with Gasteiger partial charge in [0.05, 0.1) is 0 Å². The van der Waals surface area contributed by atoms with E-state index >= 15 is 0 Å². The number of ether oxygens (including phenoxy) is 1. The van der Waals surface area contributed by atoms with Gasteiger partial charge in [-0.3, -0.25) is 9.59 Å². The van der Waals surface area contributed by atoms with Crippen LogP contribution in [0.5, 0.6) is 5.75 Å². The summed E-state index contributed by atoms with van der Waals surface area (Å²) in [6.45, 7) is 1.70. The third-order valence-corrected chi connectivity index (χ3v) is 4.78. The molecule has 5 nitrogen and oxygen atoms in total. The highest BCUT2D eigenvalue weighted by Gasteiger charge is 2.18. The number of amides is 2. The van der Waals surface area contributed by atoms with E-state index in [0.717, 1.165) is 18.5 Å². The Kier molecular flexibility index (Phi) is 6.47. The Labute approximate surface area is 160 Å². The van der Waals surface area contributed by atoms with Crippen LogP contribution in [0, 0.1) is 0 Å². The fourth-order valence-corrected chi connectivity index (χ4v) is 3.22. The van der Waals surface area contributed by atoms with Gasteiger partial charge in [-0.05, 0) is 56.2 Å². The van der Waals surface area contributed by atoms with Crippen molar-refractivity contribution in [2.45, 2.75) is 51.2 Å². The number of anilines is 1. The zero-order valence-electron chi connectivity index (χ0n) is 15.6. The molecular formula is C22H26N2O3. The van der Waals surface area contributed by atoms with Crippen molar-refractivity contribution in [3.8, 4) is 5.75 Å². The van der Waals surface area contributed by atoms with E-state index < -0.39 is 6.10 Å². The van der Waals surface area contributed by atoms with E-state index in [4.69, 9.17) is 4.74 Å². The third kappa shape index (κ3) is 5.58. The number of carbonyl (C=O) groups is 2. The number of benzene rings is 2. The van der Waals surface area contributed by atoms with Gasteiger partial charge >= 0.3 is 0 Å². The number of carbonyl (C=O) groups excluding carboxylic acids is 2. The Hall–Kier alpha value is -2.82. The van der Waals surface area contributed by atoms with Gasteiger partial charge in [0.25, 0.3) is 11.8 Å². The van der Waals surface area contributed by atoms with Gasteiger partial charge in [0.15, 0.2) is 6.10 Å². The molecule has 1 unspecified atom stereocenters. The molecule has 0 saturated heterocycles. The normalized spacial score (nSPS) is 15.6. The summed E-state index contributed by atoms with van der Waals surface area (Å²) in [7, 11) is 0. The summed E-state index contributed by atoms with van der Waals surface area (Å²) in [5.41, 5.74) is 1.34. The van der Waals surface area contributed by atoms with E-state index in [-0.39, 0.29) is 17.9 Å². The van der Waals surface area contributed by atoms with Crippen LogP contribution in [0.15, 0.2) is 54.6 Å². The highest BCUT2D eigenvalue weighted by Crippen LogP contribution is 2.19. The van der Waals surface area contributed by atoms with Crippen molar-refractivity contribution >= 4 is 17.5 Å². The molecule has 0 heterocycles. The predicted molar refractivity (Wildman–Crippen MR) is 106 cm³/mol. The summed E-state index contributed by atoms with van der Waals surface area (Å²) < 4.78 is 5.69. The SMILES string of the molecule is CC(Oc1ccc(C(=O)NC2CCCCC2)cc1)C(=O)Nc1ccccc1. The molecule has 0 bridgehead atoms. The van der Waals surface area contributed by atoms with Crippen LogP contribution in [0.4, 0.5) is 5.69 Å². The van der Waals surface area contributed by atoms with Crippen LogP contribution < -0.4 is 15.4 Å². The molecule has 5 heteroatoms. The molecule has 1 aliphatic rings. The second kappa shape index (κ2) is 9.21. The first kappa shape index (κ1) is 19.0. The number of hydrogen-bond acceptors (Lipinski definition) is 3. The molecule has 142 valence electrons. The van der Waals surface area contributed by atoms with Gasteiger partial charge in [0.1, 0.15) is 5.75 Å². The molecule has 1 saturated carbocycles. The molecule has 0 aromatic heterocycles. The lowest BCUT2D eigenvalue weighted by Crippen LogP contribution is -2.36. The largest absolute Gasteiger partial charge is 0.481 e. The number of nitrogens with one attached hydrogen (secondary N) is 2. The van der Waals surface area contributed by atoms with E-state index in [0.29, 0.717) is 11.3 Å².